The number of aliphatic carboxylic acids is 1. The molecule has 1 amide bonds. The van der Waals surface area contributed by atoms with Gasteiger partial charge in [0.25, 0.3) is 5.69 Å². The Morgan fingerprint density at radius 2 is 2.17 bits per heavy atom. The Labute approximate surface area is 134 Å². The molecule has 1 saturated heterocycles. The second-order valence-corrected chi connectivity index (χ2v) is 5.88. The molecule has 1 aliphatic rings. The number of nitrogens with zero attached hydrogens (tertiary/aromatic N) is 2. The van der Waals surface area contributed by atoms with Crippen LogP contribution in [0.15, 0.2) is 24.3 Å². The molecule has 7 heteroatoms. The Hall–Kier alpha value is -2.44. The first-order valence-electron chi connectivity index (χ1n) is 7.68. The topological polar surface area (TPSA) is 101 Å². The van der Waals surface area contributed by atoms with Crippen LogP contribution in [0.3, 0.4) is 0 Å². The molecule has 0 spiro atoms. The van der Waals surface area contributed by atoms with Crippen LogP contribution in [-0.2, 0) is 16.0 Å². The van der Waals surface area contributed by atoms with E-state index in [9.17, 15) is 19.7 Å². The highest BCUT2D eigenvalue weighted by molar-refractivity contribution is 5.79. The predicted octanol–water partition coefficient (Wildman–Crippen LogP) is 2.24. The summed E-state index contributed by atoms with van der Waals surface area (Å²) < 4.78 is 0. The summed E-state index contributed by atoms with van der Waals surface area (Å²) in [4.78, 5) is 35.1. The fourth-order valence-electron chi connectivity index (χ4n) is 2.92. The van der Waals surface area contributed by atoms with E-state index < -0.39 is 10.9 Å². The predicted molar refractivity (Wildman–Crippen MR) is 83.0 cm³/mol. The second-order valence-electron chi connectivity index (χ2n) is 5.88. The van der Waals surface area contributed by atoms with Gasteiger partial charge in [-0.25, -0.2) is 0 Å². The van der Waals surface area contributed by atoms with Crippen LogP contribution in [0.2, 0.25) is 0 Å². The Kier molecular flexibility index (Phi) is 5.67. The van der Waals surface area contributed by atoms with Crippen molar-refractivity contribution in [1.82, 2.24) is 4.90 Å². The Bertz CT molecular complexity index is 602. The average molecular weight is 320 g/mol. The van der Waals surface area contributed by atoms with Crippen molar-refractivity contribution in [3.63, 3.8) is 0 Å². The van der Waals surface area contributed by atoms with Gasteiger partial charge in [-0.2, -0.15) is 0 Å². The molecule has 1 heterocycles. The first-order valence-corrected chi connectivity index (χ1v) is 7.68. The number of hydrogen-bond donors (Lipinski definition) is 1. The van der Waals surface area contributed by atoms with Gasteiger partial charge in [0.2, 0.25) is 5.91 Å². The molecule has 1 aromatic rings. The molecule has 0 aromatic heterocycles. The van der Waals surface area contributed by atoms with Gasteiger partial charge in [-0.15, -0.1) is 0 Å². The van der Waals surface area contributed by atoms with Crippen molar-refractivity contribution in [3.05, 3.63) is 39.9 Å². The summed E-state index contributed by atoms with van der Waals surface area (Å²) in [5.41, 5.74) is 0.602. The third kappa shape index (κ3) is 5.05. The highest BCUT2D eigenvalue weighted by Crippen LogP contribution is 2.22. The molecular weight excluding hydrogens is 300 g/mol. The van der Waals surface area contributed by atoms with E-state index in [4.69, 9.17) is 5.11 Å². The molecule has 1 atom stereocenters. The zero-order chi connectivity index (χ0) is 16.8. The van der Waals surface area contributed by atoms with Crippen LogP contribution < -0.4 is 0 Å². The summed E-state index contributed by atoms with van der Waals surface area (Å²) in [5, 5.41) is 19.5. The Balaban J connectivity index is 1.93. The van der Waals surface area contributed by atoms with E-state index in [0.29, 0.717) is 25.1 Å². The van der Waals surface area contributed by atoms with E-state index in [1.807, 2.05) is 0 Å². The van der Waals surface area contributed by atoms with E-state index in [1.165, 1.54) is 12.1 Å². The second kappa shape index (κ2) is 7.71. The quantitative estimate of drug-likeness (QED) is 0.640. The van der Waals surface area contributed by atoms with Crippen molar-refractivity contribution in [3.8, 4) is 0 Å². The van der Waals surface area contributed by atoms with E-state index >= 15 is 0 Å². The minimum atomic E-state index is -0.815. The number of non-ortho nitro benzene ring substituents is 1. The molecule has 0 saturated carbocycles. The maximum Gasteiger partial charge on any atom is 0.303 e. The number of carboxylic acids is 1. The Morgan fingerprint density at radius 3 is 2.87 bits per heavy atom. The molecule has 0 aliphatic carbocycles. The molecule has 124 valence electrons. The summed E-state index contributed by atoms with van der Waals surface area (Å²) in [6, 6.07) is 6.10. The first kappa shape index (κ1) is 16.9. The van der Waals surface area contributed by atoms with Crippen LogP contribution in [0.4, 0.5) is 5.69 Å². The number of nitro benzene ring substituents is 1. The number of benzene rings is 1. The van der Waals surface area contributed by atoms with Gasteiger partial charge in [0.05, 0.1) is 11.3 Å². The standard InChI is InChI=1S/C16H20N2O5/c19-15(10-13-3-1-5-14(9-13)18(22)23)17-8-2-4-12(11-17)6-7-16(20)21/h1,3,5,9,12H,2,4,6-8,10-11H2,(H,20,21). The lowest BCUT2D eigenvalue weighted by Gasteiger charge is -2.32. The number of carbonyl (C=O) groups is 2. The maximum absolute atomic E-state index is 12.4. The minimum absolute atomic E-state index is 0.0201. The van der Waals surface area contributed by atoms with Gasteiger partial charge < -0.3 is 10.0 Å². The molecule has 1 N–H and O–H groups in total. The number of amides is 1. The lowest BCUT2D eigenvalue weighted by Crippen LogP contribution is -2.40. The highest BCUT2D eigenvalue weighted by atomic mass is 16.6. The molecular formula is C16H20N2O5. The van der Waals surface area contributed by atoms with Gasteiger partial charge in [0.15, 0.2) is 0 Å². The molecule has 23 heavy (non-hydrogen) atoms. The molecule has 0 radical (unpaired) electrons. The van der Waals surface area contributed by atoms with E-state index in [-0.39, 0.29) is 30.4 Å². The fraction of sp³-hybridized carbons (Fsp3) is 0.500. The molecule has 1 aliphatic heterocycles. The lowest BCUT2D eigenvalue weighted by atomic mass is 9.93. The van der Waals surface area contributed by atoms with Gasteiger partial charge in [-0.3, -0.25) is 19.7 Å². The van der Waals surface area contributed by atoms with E-state index in [0.717, 1.165) is 12.8 Å². The molecule has 7 nitrogen and oxygen atoms in total. The van der Waals surface area contributed by atoms with E-state index in [1.54, 1.807) is 17.0 Å². The normalized spacial score (nSPS) is 17.7. The monoisotopic (exact) mass is 320 g/mol. The summed E-state index contributed by atoms with van der Waals surface area (Å²) >= 11 is 0. The number of carbonyl (C=O) groups excluding carboxylic acids is 1. The van der Waals surface area contributed by atoms with Crippen molar-refractivity contribution in [2.24, 2.45) is 5.92 Å². The van der Waals surface area contributed by atoms with Gasteiger partial charge >= 0.3 is 5.97 Å². The van der Waals surface area contributed by atoms with Gasteiger partial charge in [0, 0.05) is 31.6 Å². The number of nitro groups is 1. The molecule has 1 fully saturated rings. The molecule has 1 unspecified atom stereocenters. The number of hydrogen-bond acceptors (Lipinski definition) is 4. The molecule has 0 bridgehead atoms. The largest absolute Gasteiger partial charge is 0.481 e. The third-order valence-corrected chi connectivity index (χ3v) is 4.11. The van der Waals surface area contributed by atoms with Crippen molar-refractivity contribution < 1.29 is 19.6 Å². The van der Waals surface area contributed by atoms with Crippen LogP contribution in [0.1, 0.15) is 31.2 Å². The lowest BCUT2D eigenvalue weighted by molar-refractivity contribution is -0.384. The van der Waals surface area contributed by atoms with E-state index in [2.05, 4.69) is 0 Å². The smallest absolute Gasteiger partial charge is 0.303 e. The van der Waals surface area contributed by atoms with Gasteiger partial charge in [-0.1, -0.05) is 12.1 Å². The van der Waals surface area contributed by atoms with Crippen molar-refractivity contribution >= 4 is 17.6 Å². The van der Waals surface area contributed by atoms with Crippen LogP contribution in [0, 0.1) is 16.0 Å². The highest BCUT2D eigenvalue weighted by Gasteiger charge is 2.24. The maximum atomic E-state index is 12.4. The van der Waals surface area contributed by atoms with Gasteiger partial charge in [-0.05, 0) is 30.7 Å². The zero-order valence-corrected chi connectivity index (χ0v) is 12.8. The third-order valence-electron chi connectivity index (χ3n) is 4.11. The average Bonchev–Trinajstić information content (AvgIpc) is 2.53. The van der Waals surface area contributed by atoms with Crippen LogP contribution in [-0.4, -0.2) is 39.9 Å². The van der Waals surface area contributed by atoms with Crippen LogP contribution in [0.25, 0.3) is 0 Å². The fourth-order valence-corrected chi connectivity index (χ4v) is 2.92. The zero-order valence-electron chi connectivity index (χ0n) is 12.8. The van der Waals surface area contributed by atoms with Crippen molar-refractivity contribution in [1.29, 1.82) is 0 Å². The summed E-state index contributed by atoms with van der Waals surface area (Å²) in [6.07, 6.45) is 2.64. The number of piperidine rings is 1. The summed E-state index contributed by atoms with van der Waals surface area (Å²) in [6.45, 7) is 1.23. The van der Waals surface area contributed by atoms with Crippen molar-refractivity contribution in [2.45, 2.75) is 32.1 Å². The first-order chi connectivity index (χ1) is 11.0. The SMILES string of the molecule is O=C(O)CCC1CCCN(C(=O)Cc2cccc([N+](=O)[O-])c2)C1. The molecule has 1 aromatic carbocycles. The number of carboxylic acid groups (broad SMARTS) is 1. The Morgan fingerprint density at radius 1 is 1.39 bits per heavy atom. The molecule has 2 rings (SSSR count). The minimum Gasteiger partial charge on any atom is -0.481 e. The van der Waals surface area contributed by atoms with Crippen LogP contribution >= 0.6 is 0 Å². The number of likely N-dealkylation sites (tertiary alicyclic amines) is 1. The van der Waals surface area contributed by atoms with Crippen molar-refractivity contribution in [2.75, 3.05) is 13.1 Å². The van der Waals surface area contributed by atoms with Crippen LogP contribution in [0.5, 0.6) is 0 Å². The number of rotatable bonds is 6. The summed E-state index contributed by atoms with van der Waals surface area (Å²) in [5.74, 6) is -0.663. The summed E-state index contributed by atoms with van der Waals surface area (Å²) in [7, 11) is 0. The van der Waals surface area contributed by atoms with Gasteiger partial charge in [0.1, 0.15) is 0 Å².